The molecule has 0 aliphatic rings. The number of nitrogens with zero attached hydrogens (tertiary/aromatic N) is 1. The van der Waals surface area contributed by atoms with Gasteiger partial charge in [0.25, 0.3) is 5.91 Å². The molecule has 9 heteroatoms. The number of aryl methyl sites for hydroxylation is 1. The van der Waals surface area contributed by atoms with Gasteiger partial charge in [-0.05, 0) is 79.1 Å². The van der Waals surface area contributed by atoms with Gasteiger partial charge in [0.1, 0.15) is 5.75 Å². The first-order valence-electron chi connectivity index (χ1n) is 10.3. The first-order chi connectivity index (χ1) is 16.3. The second-order valence-corrected chi connectivity index (χ2v) is 7.75. The van der Waals surface area contributed by atoms with Gasteiger partial charge in [0.2, 0.25) is 0 Å². The zero-order chi connectivity index (χ0) is 24.5. The van der Waals surface area contributed by atoms with Crippen LogP contribution in [0.4, 0.5) is 11.4 Å². The van der Waals surface area contributed by atoms with Crippen molar-refractivity contribution in [1.29, 1.82) is 0 Å². The number of nitrogens with one attached hydrogen (secondary N) is 3. The van der Waals surface area contributed by atoms with Gasteiger partial charge in [0, 0.05) is 16.4 Å². The van der Waals surface area contributed by atoms with Crippen LogP contribution in [0.15, 0.2) is 71.8 Å². The van der Waals surface area contributed by atoms with Gasteiger partial charge in [-0.3, -0.25) is 14.4 Å². The number of benzene rings is 3. The molecule has 0 saturated heterocycles. The predicted octanol–water partition coefficient (Wildman–Crippen LogP) is 4.06. The number of amides is 3. The van der Waals surface area contributed by atoms with Crippen LogP contribution in [-0.4, -0.2) is 30.5 Å². The van der Waals surface area contributed by atoms with Crippen LogP contribution in [0.2, 0.25) is 5.02 Å². The molecule has 0 bridgehead atoms. The van der Waals surface area contributed by atoms with Gasteiger partial charge in [0.05, 0.1) is 6.21 Å². The van der Waals surface area contributed by atoms with E-state index in [0.717, 1.165) is 11.1 Å². The van der Waals surface area contributed by atoms with Crippen LogP contribution in [0.25, 0.3) is 0 Å². The number of anilines is 2. The third-order valence-electron chi connectivity index (χ3n) is 4.80. The number of ether oxygens (including phenoxy) is 1. The van der Waals surface area contributed by atoms with E-state index >= 15 is 0 Å². The standard InChI is InChI=1S/C25H23ClN4O4/c1-16-5-3-8-22(17(16)2)29-24(32)25(33)30-27-14-18-9-11-21(12-10-18)34-15-23(31)28-20-7-4-6-19(26)13-20/h3-14H,15H2,1-2H3,(H,28,31)(H,29,32)(H,30,33)/b27-14-. The Hall–Kier alpha value is -4.17. The summed E-state index contributed by atoms with van der Waals surface area (Å²) < 4.78 is 5.46. The monoisotopic (exact) mass is 478 g/mol. The Kier molecular flexibility index (Phi) is 8.37. The molecule has 0 aliphatic carbocycles. The molecule has 3 rings (SSSR count). The Labute approximate surface area is 202 Å². The summed E-state index contributed by atoms with van der Waals surface area (Å²) in [7, 11) is 0. The predicted molar refractivity (Wildman–Crippen MR) is 132 cm³/mol. The van der Waals surface area contributed by atoms with E-state index < -0.39 is 11.8 Å². The minimum Gasteiger partial charge on any atom is -0.484 e. The number of carbonyl (C=O) groups is 3. The Balaban J connectivity index is 1.45. The summed E-state index contributed by atoms with van der Waals surface area (Å²) in [5.41, 5.74) is 5.89. The molecule has 0 spiro atoms. The minimum absolute atomic E-state index is 0.175. The molecule has 34 heavy (non-hydrogen) atoms. The molecule has 3 aromatic carbocycles. The second-order valence-electron chi connectivity index (χ2n) is 7.32. The maximum atomic E-state index is 12.1. The summed E-state index contributed by atoms with van der Waals surface area (Å²) >= 11 is 5.89. The molecule has 3 amide bonds. The van der Waals surface area contributed by atoms with Crippen LogP contribution < -0.4 is 20.8 Å². The highest BCUT2D eigenvalue weighted by Gasteiger charge is 2.14. The molecule has 0 atom stereocenters. The van der Waals surface area contributed by atoms with Crippen molar-refractivity contribution in [2.75, 3.05) is 17.2 Å². The first-order valence-corrected chi connectivity index (χ1v) is 10.7. The van der Waals surface area contributed by atoms with E-state index in [9.17, 15) is 14.4 Å². The van der Waals surface area contributed by atoms with Crippen molar-refractivity contribution in [3.05, 3.63) is 88.4 Å². The highest BCUT2D eigenvalue weighted by atomic mass is 35.5. The van der Waals surface area contributed by atoms with Crippen molar-refractivity contribution >= 4 is 46.9 Å². The molecule has 0 heterocycles. The SMILES string of the molecule is Cc1cccc(NC(=O)C(=O)N/N=C\c2ccc(OCC(=O)Nc3cccc(Cl)c3)cc2)c1C. The summed E-state index contributed by atoms with van der Waals surface area (Å²) in [4.78, 5) is 36.1. The number of hydrazone groups is 1. The molecule has 3 aromatic rings. The lowest BCUT2D eigenvalue weighted by Crippen LogP contribution is -2.32. The van der Waals surface area contributed by atoms with Crippen molar-refractivity contribution in [2.45, 2.75) is 13.8 Å². The maximum Gasteiger partial charge on any atom is 0.329 e. The Morgan fingerprint density at radius 2 is 1.68 bits per heavy atom. The summed E-state index contributed by atoms with van der Waals surface area (Å²) in [5, 5.41) is 9.58. The minimum atomic E-state index is -0.886. The molecule has 3 N–H and O–H groups in total. The van der Waals surface area contributed by atoms with Crippen LogP contribution in [-0.2, 0) is 14.4 Å². The molecule has 0 aromatic heterocycles. The van der Waals surface area contributed by atoms with Crippen LogP contribution in [0, 0.1) is 13.8 Å². The summed E-state index contributed by atoms with van der Waals surface area (Å²) in [6, 6.07) is 18.9. The smallest absolute Gasteiger partial charge is 0.329 e. The number of carbonyl (C=O) groups excluding carboxylic acids is 3. The zero-order valence-electron chi connectivity index (χ0n) is 18.6. The topological polar surface area (TPSA) is 109 Å². The van der Waals surface area contributed by atoms with E-state index in [1.165, 1.54) is 6.21 Å². The molecular formula is C25H23ClN4O4. The third kappa shape index (κ3) is 7.18. The van der Waals surface area contributed by atoms with Gasteiger partial charge >= 0.3 is 11.8 Å². The Morgan fingerprint density at radius 3 is 2.41 bits per heavy atom. The van der Waals surface area contributed by atoms with Crippen LogP contribution in [0.3, 0.4) is 0 Å². The van der Waals surface area contributed by atoms with E-state index in [4.69, 9.17) is 16.3 Å². The molecule has 0 fully saturated rings. The van der Waals surface area contributed by atoms with Gasteiger partial charge < -0.3 is 15.4 Å². The quantitative estimate of drug-likeness (QED) is 0.270. The van der Waals surface area contributed by atoms with Crippen LogP contribution in [0.5, 0.6) is 5.75 Å². The van der Waals surface area contributed by atoms with Gasteiger partial charge in [-0.25, -0.2) is 5.43 Å². The molecule has 0 radical (unpaired) electrons. The highest BCUT2D eigenvalue weighted by molar-refractivity contribution is 6.39. The van der Waals surface area contributed by atoms with Crippen LogP contribution in [0.1, 0.15) is 16.7 Å². The van der Waals surface area contributed by atoms with Crippen molar-refractivity contribution in [1.82, 2.24) is 5.43 Å². The average molecular weight is 479 g/mol. The Bertz CT molecular complexity index is 1230. The molecule has 174 valence electrons. The van der Waals surface area contributed by atoms with Crippen molar-refractivity contribution in [3.63, 3.8) is 0 Å². The fourth-order valence-electron chi connectivity index (χ4n) is 2.84. The third-order valence-corrected chi connectivity index (χ3v) is 5.03. The highest BCUT2D eigenvalue weighted by Crippen LogP contribution is 2.18. The largest absolute Gasteiger partial charge is 0.484 e. The van der Waals surface area contributed by atoms with Gasteiger partial charge in [-0.1, -0.05) is 29.8 Å². The van der Waals surface area contributed by atoms with E-state index in [1.54, 1.807) is 60.7 Å². The maximum absolute atomic E-state index is 12.1. The zero-order valence-corrected chi connectivity index (χ0v) is 19.3. The van der Waals surface area contributed by atoms with Crippen LogP contribution >= 0.6 is 11.6 Å². The summed E-state index contributed by atoms with van der Waals surface area (Å²) in [5.74, 6) is -1.54. The summed E-state index contributed by atoms with van der Waals surface area (Å²) in [6.45, 7) is 3.60. The normalized spacial score (nSPS) is 10.6. The molecule has 8 nitrogen and oxygen atoms in total. The van der Waals surface area contributed by atoms with E-state index in [0.29, 0.717) is 27.7 Å². The van der Waals surface area contributed by atoms with Crippen molar-refractivity contribution in [2.24, 2.45) is 5.10 Å². The van der Waals surface area contributed by atoms with Gasteiger partial charge in [0.15, 0.2) is 6.61 Å². The lowest BCUT2D eigenvalue weighted by Gasteiger charge is -2.09. The molecule has 0 saturated carbocycles. The fraction of sp³-hybridized carbons (Fsp3) is 0.120. The number of hydrogen-bond donors (Lipinski definition) is 3. The lowest BCUT2D eigenvalue weighted by molar-refractivity contribution is -0.136. The van der Waals surface area contributed by atoms with E-state index in [1.807, 2.05) is 19.9 Å². The first kappa shape index (κ1) is 24.5. The average Bonchev–Trinajstić information content (AvgIpc) is 2.81. The van der Waals surface area contributed by atoms with Crippen molar-refractivity contribution in [3.8, 4) is 5.75 Å². The van der Waals surface area contributed by atoms with Gasteiger partial charge in [-0.15, -0.1) is 0 Å². The van der Waals surface area contributed by atoms with E-state index in [-0.39, 0.29) is 12.5 Å². The fourth-order valence-corrected chi connectivity index (χ4v) is 3.03. The lowest BCUT2D eigenvalue weighted by atomic mass is 10.1. The second kappa shape index (κ2) is 11.6. The number of rotatable bonds is 7. The molecule has 0 unspecified atom stereocenters. The molecule has 0 aliphatic heterocycles. The molecular weight excluding hydrogens is 456 g/mol. The number of hydrogen-bond acceptors (Lipinski definition) is 5. The number of halogens is 1. The Morgan fingerprint density at radius 1 is 0.941 bits per heavy atom. The van der Waals surface area contributed by atoms with Gasteiger partial charge in [-0.2, -0.15) is 5.10 Å². The van der Waals surface area contributed by atoms with E-state index in [2.05, 4.69) is 21.2 Å². The van der Waals surface area contributed by atoms with Crippen molar-refractivity contribution < 1.29 is 19.1 Å². The summed E-state index contributed by atoms with van der Waals surface area (Å²) in [6.07, 6.45) is 1.39.